The Kier molecular flexibility index (Phi) is 4.16. The first-order valence-corrected chi connectivity index (χ1v) is 9.98. The fraction of sp³-hybridized carbons (Fsp3) is 0.286. The van der Waals surface area contributed by atoms with E-state index in [-0.39, 0.29) is 5.54 Å². The first-order chi connectivity index (χ1) is 12.4. The number of aryl methyl sites for hydroxylation is 1. The molecule has 26 heavy (non-hydrogen) atoms. The van der Waals surface area contributed by atoms with E-state index in [1.54, 1.807) is 11.5 Å². The van der Waals surface area contributed by atoms with Gasteiger partial charge in [-0.25, -0.2) is 0 Å². The van der Waals surface area contributed by atoms with Crippen LogP contribution in [0.25, 0.3) is 16.8 Å². The Morgan fingerprint density at radius 3 is 2.58 bits per heavy atom. The lowest BCUT2D eigenvalue weighted by molar-refractivity contribution is 0.340. The zero-order valence-corrected chi connectivity index (χ0v) is 17.1. The van der Waals surface area contributed by atoms with Crippen molar-refractivity contribution in [3.8, 4) is 22.6 Å². The summed E-state index contributed by atoms with van der Waals surface area (Å²) in [6, 6.07) is 14.7. The minimum absolute atomic E-state index is 0.160. The third-order valence-corrected chi connectivity index (χ3v) is 6.62. The Balaban J connectivity index is 1.90. The highest BCUT2D eigenvalue weighted by Crippen LogP contribution is 2.47. The van der Waals surface area contributed by atoms with E-state index in [0.717, 1.165) is 21.8 Å². The summed E-state index contributed by atoms with van der Waals surface area (Å²) in [6.07, 6.45) is 0. The first-order valence-electron chi connectivity index (χ1n) is 8.80. The maximum atomic E-state index is 5.91. The highest BCUT2D eigenvalue weighted by molar-refractivity contribution is 7.71. The van der Waals surface area contributed by atoms with Gasteiger partial charge in [-0.05, 0) is 64.1 Å². The molecule has 0 amide bonds. The molecule has 1 aromatic heterocycles. The van der Waals surface area contributed by atoms with Crippen molar-refractivity contribution < 1.29 is 4.74 Å². The van der Waals surface area contributed by atoms with Gasteiger partial charge in [0.25, 0.3) is 0 Å². The molecule has 0 spiro atoms. The van der Waals surface area contributed by atoms with Gasteiger partial charge in [-0.15, -0.1) is 0 Å². The molecule has 0 saturated heterocycles. The Bertz CT molecular complexity index is 1030. The average molecular weight is 383 g/mol. The Morgan fingerprint density at radius 2 is 1.88 bits per heavy atom. The van der Waals surface area contributed by atoms with E-state index in [0.29, 0.717) is 6.61 Å². The third kappa shape index (κ3) is 2.75. The molecule has 134 valence electrons. The van der Waals surface area contributed by atoms with Crippen LogP contribution in [-0.4, -0.2) is 10.6 Å². The summed E-state index contributed by atoms with van der Waals surface area (Å²) in [5.74, 6) is 0.882. The zero-order valence-electron chi connectivity index (χ0n) is 15.4. The van der Waals surface area contributed by atoms with E-state index >= 15 is 0 Å². The van der Waals surface area contributed by atoms with Crippen LogP contribution in [-0.2, 0) is 5.54 Å². The molecule has 1 aliphatic heterocycles. The number of rotatable bonds is 3. The molecule has 0 fully saturated rings. The second kappa shape index (κ2) is 6.25. The molecule has 2 aromatic carbocycles. The Morgan fingerprint density at radius 1 is 1.15 bits per heavy atom. The van der Waals surface area contributed by atoms with Gasteiger partial charge in [0, 0.05) is 16.8 Å². The molecule has 1 aliphatic rings. The summed E-state index contributed by atoms with van der Waals surface area (Å²) in [5.41, 5.74) is 5.68. The third-order valence-electron chi connectivity index (χ3n) is 4.65. The number of benzene rings is 2. The molecule has 0 unspecified atom stereocenters. The van der Waals surface area contributed by atoms with Gasteiger partial charge in [0.15, 0.2) is 0 Å². The van der Waals surface area contributed by atoms with E-state index < -0.39 is 0 Å². The topological polar surface area (TPSA) is 26.2 Å². The van der Waals surface area contributed by atoms with Crippen LogP contribution < -0.4 is 10.1 Å². The van der Waals surface area contributed by atoms with Crippen LogP contribution in [0, 0.1) is 11.6 Å². The Labute approximate surface area is 163 Å². The van der Waals surface area contributed by atoms with Gasteiger partial charge in [0.1, 0.15) is 10.4 Å². The number of fused-ring (bicyclic) bond motifs is 3. The van der Waals surface area contributed by atoms with Crippen molar-refractivity contribution in [1.29, 1.82) is 0 Å². The summed E-state index contributed by atoms with van der Waals surface area (Å²) in [5, 5.41) is 3.67. The molecular weight excluding hydrogens is 360 g/mol. The second-order valence-corrected chi connectivity index (χ2v) is 8.46. The SMILES string of the molecule is CCOc1ccc(-n2sc3c(c2=S)-c2cc(C)ccc2NC3(C)C)cc1. The molecule has 3 nitrogen and oxygen atoms in total. The predicted octanol–water partition coefficient (Wildman–Crippen LogP) is 6.30. The van der Waals surface area contributed by atoms with Crippen molar-refractivity contribution in [3.05, 3.63) is 57.5 Å². The predicted molar refractivity (Wildman–Crippen MR) is 112 cm³/mol. The van der Waals surface area contributed by atoms with Gasteiger partial charge in [-0.2, -0.15) is 0 Å². The Hall–Kier alpha value is -2.11. The molecule has 0 atom stereocenters. The number of ether oxygens (including phenoxy) is 1. The molecule has 1 N–H and O–H groups in total. The van der Waals surface area contributed by atoms with E-state index in [1.165, 1.54) is 21.6 Å². The molecule has 0 bridgehead atoms. The van der Waals surface area contributed by atoms with Crippen molar-refractivity contribution in [2.45, 2.75) is 33.2 Å². The van der Waals surface area contributed by atoms with Gasteiger partial charge in [-0.3, -0.25) is 3.96 Å². The maximum Gasteiger partial charge on any atom is 0.129 e. The lowest BCUT2D eigenvalue weighted by Gasteiger charge is -2.33. The van der Waals surface area contributed by atoms with Crippen LogP contribution >= 0.6 is 23.8 Å². The molecule has 4 rings (SSSR count). The number of aromatic nitrogens is 1. The van der Waals surface area contributed by atoms with Crippen molar-refractivity contribution in [3.63, 3.8) is 0 Å². The molecule has 2 heterocycles. The molecule has 0 saturated carbocycles. The van der Waals surface area contributed by atoms with Gasteiger partial charge >= 0.3 is 0 Å². The quantitative estimate of drug-likeness (QED) is 0.538. The first kappa shape index (κ1) is 17.3. The molecule has 3 aromatic rings. The standard InChI is InChI=1S/C21H22N2OS2/c1-5-24-15-9-7-14(8-10-15)23-20(25)18-16-12-13(2)6-11-17(16)22-21(3,4)19(18)26-23/h6-12,22H,5H2,1-4H3. The van der Waals surface area contributed by atoms with Gasteiger partial charge in [0.05, 0.1) is 22.7 Å². The number of anilines is 1. The lowest BCUT2D eigenvalue weighted by atomic mass is 9.89. The summed E-state index contributed by atoms with van der Waals surface area (Å²) in [7, 11) is 0. The zero-order chi connectivity index (χ0) is 18.5. The van der Waals surface area contributed by atoms with Crippen LogP contribution in [0.5, 0.6) is 5.75 Å². The molecule has 0 aliphatic carbocycles. The minimum Gasteiger partial charge on any atom is -0.494 e. The van der Waals surface area contributed by atoms with Crippen LogP contribution in [0.3, 0.4) is 0 Å². The summed E-state index contributed by atoms with van der Waals surface area (Å²) < 4.78 is 8.58. The van der Waals surface area contributed by atoms with Gasteiger partial charge < -0.3 is 10.1 Å². The molecule has 0 radical (unpaired) electrons. The number of nitrogens with zero attached hydrogens (tertiary/aromatic N) is 1. The summed E-state index contributed by atoms with van der Waals surface area (Å²) in [4.78, 5) is 1.27. The van der Waals surface area contributed by atoms with Crippen molar-refractivity contribution in [1.82, 2.24) is 3.96 Å². The van der Waals surface area contributed by atoms with Crippen LogP contribution in [0.15, 0.2) is 42.5 Å². The van der Waals surface area contributed by atoms with E-state index in [1.807, 2.05) is 19.1 Å². The van der Waals surface area contributed by atoms with E-state index in [4.69, 9.17) is 17.0 Å². The number of nitrogens with one attached hydrogen (secondary N) is 1. The lowest BCUT2D eigenvalue weighted by Crippen LogP contribution is -2.30. The minimum atomic E-state index is -0.160. The summed E-state index contributed by atoms with van der Waals surface area (Å²) >= 11 is 7.63. The van der Waals surface area contributed by atoms with E-state index in [9.17, 15) is 0 Å². The average Bonchev–Trinajstić information content (AvgIpc) is 2.96. The second-order valence-electron chi connectivity index (χ2n) is 7.12. The molecule has 5 heteroatoms. The fourth-order valence-corrected chi connectivity index (χ4v) is 5.08. The van der Waals surface area contributed by atoms with E-state index in [2.05, 4.69) is 60.4 Å². The van der Waals surface area contributed by atoms with Crippen LogP contribution in [0.4, 0.5) is 5.69 Å². The largest absolute Gasteiger partial charge is 0.494 e. The van der Waals surface area contributed by atoms with Gasteiger partial charge in [-0.1, -0.05) is 35.4 Å². The van der Waals surface area contributed by atoms with Crippen molar-refractivity contribution in [2.24, 2.45) is 0 Å². The normalized spacial score (nSPS) is 14.3. The van der Waals surface area contributed by atoms with Crippen LogP contribution in [0.2, 0.25) is 0 Å². The van der Waals surface area contributed by atoms with Gasteiger partial charge in [0.2, 0.25) is 0 Å². The fourth-order valence-electron chi connectivity index (χ4n) is 3.42. The smallest absolute Gasteiger partial charge is 0.129 e. The van der Waals surface area contributed by atoms with Crippen molar-refractivity contribution in [2.75, 3.05) is 11.9 Å². The van der Waals surface area contributed by atoms with Crippen molar-refractivity contribution >= 4 is 29.4 Å². The molecular formula is C21H22N2OS2. The monoisotopic (exact) mass is 382 g/mol. The number of hydrogen-bond acceptors (Lipinski definition) is 4. The maximum absolute atomic E-state index is 5.91. The highest BCUT2D eigenvalue weighted by atomic mass is 32.1. The number of hydrogen-bond donors (Lipinski definition) is 1. The van der Waals surface area contributed by atoms with Crippen LogP contribution in [0.1, 0.15) is 31.2 Å². The highest BCUT2D eigenvalue weighted by Gasteiger charge is 2.34. The summed E-state index contributed by atoms with van der Waals surface area (Å²) in [6.45, 7) is 9.20.